The Balaban J connectivity index is 3.04. The van der Waals surface area contributed by atoms with Crippen LogP contribution in [0, 0.1) is 0 Å². The third-order valence-corrected chi connectivity index (χ3v) is 4.70. The zero-order chi connectivity index (χ0) is 15.9. The van der Waals surface area contributed by atoms with E-state index < -0.39 is 23.0 Å². The maximum Gasteiger partial charge on any atom is 0.357 e. The molecule has 0 radical (unpaired) electrons. The predicted molar refractivity (Wildman–Crippen MR) is 75.9 cm³/mol. The average molecular weight is 345 g/mol. The van der Waals surface area contributed by atoms with Gasteiger partial charge in [-0.05, 0) is 20.8 Å². The second-order valence-electron chi connectivity index (χ2n) is 5.44. The van der Waals surface area contributed by atoms with Crippen molar-refractivity contribution in [3.8, 4) is 0 Å². The van der Waals surface area contributed by atoms with Gasteiger partial charge in [0.25, 0.3) is 5.91 Å². The molecular formula is C11H16Cl3N3O3. The molecule has 4 amide bonds. The minimum atomic E-state index is -1.37. The molecule has 1 unspecified atom stereocenters. The highest BCUT2D eigenvalue weighted by atomic mass is 35.5. The number of urea groups is 1. The zero-order valence-electron chi connectivity index (χ0n) is 11.6. The van der Waals surface area contributed by atoms with Crippen molar-refractivity contribution in [2.45, 2.75) is 51.6 Å². The fourth-order valence-electron chi connectivity index (χ4n) is 2.20. The lowest BCUT2D eigenvalue weighted by atomic mass is 9.85. The van der Waals surface area contributed by atoms with Gasteiger partial charge in [-0.1, -0.05) is 6.92 Å². The molecule has 0 aromatic carbocycles. The van der Waals surface area contributed by atoms with Crippen molar-refractivity contribution in [3.63, 3.8) is 0 Å². The van der Waals surface area contributed by atoms with Crippen LogP contribution in [0.4, 0.5) is 4.79 Å². The van der Waals surface area contributed by atoms with Crippen LogP contribution >= 0.6 is 35.3 Å². The normalized spacial score (nSPS) is 23.6. The van der Waals surface area contributed by atoms with E-state index in [-0.39, 0.29) is 18.7 Å². The van der Waals surface area contributed by atoms with Crippen LogP contribution < -0.4 is 0 Å². The third-order valence-electron chi connectivity index (χ3n) is 3.24. The van der Waals surface area contributed by atoms with Gasteiger partial charge in [0.1, 0.15) is 5.54 Å². The van der Waals surface area contributed by atoms with E-state index in [1.165, 1.54) is 6.92 Å². The first kappa shape index (κ1) is 17.3. The molecule has 1 rings (SSSR count). The van der Waals surface area contributed by atoms with Gasteiger partial charge in [-0.2, -0.15) is 4.42 Å². The summed E-state index contributed by atoms with van der Waals surface area (Å²) in [5, 5.41) is 0. The maximum atomic E-state index is 12.1. The summed E-state index contributed by atoms with van der Waals surface area (Å²) in [5.41, 5.74) is -2.26. The van der Waals surface area contributed by atoms with E-state index in [2.05, 4.69) is 0 Å². The molecule has 9 heteroatoms. The highest BCUT2D eigenvalue weighted by Crippen LogP contribution is 2.39. The maximum absolute atomic E-state index is 12.1. The summed E-state index contributed by atoms with van der Waals surface area (Å²) >= 11 is 17.5. The topological polar surface area (TPSA) is 60.9 Å². The summed E-state index contributed by atoms with van der Waals surface area (Å²) in [5.74, 6) is -0.942. The van der Waals surface area contributed by atoms with Crippen LogP contribution in [-0.4, -0.2) is 42.2 Å². The number of carbonyl (C=O) groups is 3. The molecule has 1 heterocycles. The van der Waals surface area contributed by atoms with Crippen molar-refractivity contribution in [2.75, 3.05) is 0 Å². The van der Waals surface area contributed by atoms with Gasteiger partial charge >= 0.3 is 6.03 Å². The van der Waals surface area contributed by atoms with Crippen LogP contribution in [-0.2, 0) is 9.59 Å². The van der Waals surface area contributed by atoms with E-state index in [1.54, 1.807) is 20.8 Å². The molecule has 1 aliphatic heterocycles. The van der Waals surface area contributed by atoms with E-state index in [1.807, 2.05) is 0 Å². The van der Waals surface area contributed by atoms with E-state index in [0.29, 0.717) is 4.42 Å². The Morgan fingerprint density at radius 1 is 1.35 bits per heavy atom. The monoisotopic (exact) mass is 343 g/mol. The molecule has 0 N–H and O–H groups in total. The molecule has 1 fully saturated rings. The van der Waals surface area contributed by atoms with Gasteiger partial charge in [0.15, 0.2) is 0 Å². The fraction of sp³-hybridized carbons (Fsp3) is 0.727. The van der Waals surface area contributed by atoms with Crippen molar-refractivity contribution < 1.29 is 14.4 Å². The number of rotatable bonds is 4. The lowest BCUT2D eigenvalue weighted by Gasteiger charge is -2.39. The second-order valence-corrected chi connectivity index (χ2v) is 6.45. The summed E-state index contributed by atoms with van der Waals surface area (Å²) in [6, 6.07) is -0.820. The molecule has 1 atom stereocenters. The van der Waals surface area contributed by atoms with Crippen LogP contribution in [0.3, 0.4) is 0 Å². The molecule has 0 bridgehead atoms. The number of imide groups is 1. The van der Waals surface area contributed by atoms with Gasteiger partial charge in [0.05, 0.1) is 5.54 Å². The summed E-state index contributed by atoms with van der Waals surface area (Å²) in [4.78, 5) is 35.4. The number of hydrogen-bond acceptors (Lipinski definition) is 3. The van der Waals surface area contributed by atoms with Crippen molar-refractivity contribution in [1.82, 2.24) is 13.3 Å². The minimum absolute atomic E-state index is 0.0481. The van der Waals surface area contributed by atoms with Gasteiger partial charge in [-0.15, -0.1) is 0 Å². The molecule has 1 aliphatic rings. The molecular weight excluding hydrogens is 328 g/mol. The molecule has 6 nitrogen and oxygen atoms in total. The number of hydrogen-bond donors (Lipinski definition) is 0. The first-order valence-corrected chi connectivity index (χ1v) is 6.99. The standard InChI is InChI=1S/C11H16Cl3N3O3/c1-5-7(18)16(13)10(2,3)6-11(4)8(19)15(12)9(20)17(11)14/h5-6H2,1-4H3. The van der Waals surface area contributed by atoms with E-state index in [0.717, 1.165) is 8.84 Å². The van der Waals surface area contributed by atoms with Crippen molar-refractivity contribution in [2.24, 2.45) is 0 Å². The van der Waals surface area contributed by atoms with Crippen LogP contribution in [0.5, 0.6) is 0 Å². The Kier molecular flexibility index (Phi) is 4.83. The Bertz CT molecular complexity index is 457. The number of carbonyl (C=O) groups excluding carboxylic acids is 3. The van der Waals surface area contributed by atoms with Gasteiger partial charge in [-0.25, -0.2) is 13.6 Å². The first-order valence-electron chi connectivity index (χ1n) is 5.98. The first-order chi connectivity index (χ1) is 8.99. The summed E-state index contributed by atoms with van der Waals surface area (Å²) < 4.78 is 2.20. The van der Waals surface area contributed by atoms with Crippen LogP contribution in [0.25, 0.3) is 0 Å². The quantitative estimate of drug-likeness (QED) is 0.582. The van der Waals surface area contributed by atoms with E-state index >= 15 is 0 Å². The molecule has 0 aromatic rings. The van der Waals surface area contributed by atoms with Crippen LogP contribution in [0.2, 0.25) is 0 Å². The zero-order valence-corrected chi connectivity index (χ0v) is 13.9. The van der Waals surface area contributed by atoms with Gasteiger partial charge in [0.2, 0.25) is 5.91 Å². The average Bonchev–Trinajstić information content (AvgIpc) is 2.52. The van der Waals surface area contributed by atoms with Crippen molar-refractivity contribution in [1.29, 1.82) is 0 Å². The highest BCUT2D eigenvalue weighted by molar-refractivity contribution is 6.39. The van der Waals surface area contributed by atoms with Gasteiger partial charge in [-0.3, -0.25) is 9.59 Å². The lowest BCUT2D eigenvalue weighted by molar-refractivity contribution is -0.134. The molecule has 0 aromatic heterocycles. The molecule has 0 aliphatic carbocycles. The van der Waals surface area contributed by atoms with Crippen LogP contribution in [0.1, 0.15) is 40.5 Å². The van der Waals surface area contributed by atoms with Gasteiger partial charge in [0, 0.05) is 48.2 Å². The second kappa shape index (κ2) is 5.58. The highest BCUT2D eigenvalue weighted by Gasteiger charge is 2.57. The molecule has 0 saturated carbocycles. The number of amides is 4. The van der Waals surface area contributed by atoms with Gasteiger partial charge < -0.3 is 0 Å². The molecule has 1 saturated heterocycles. The Morgan fingerprint density at radius 2 is 1.85 bits per heavy atom. The number of halogens is 3. The third kappa shape index (κ3) is 2.69. The fourth-order valence-corrected chi connectivity index (χ4v) is 2.89. The SMILES string of the molecule is CCC(=O)N(Cl)C(C)(C)CC1(C)C(=O)N(Cl)C(=O)N1Cl. The Labute approximate surface area is 132 Å². The summed E-state index contributed by atoms with van der Waals surface area (Å²) in [6.07, 6.45) is 0.273. The van der Waals surface area contributed by atoms with Crippen molar-refractivity contribution >= 4 is 53.2 Å². The largest absolute Gasteiger partial charge is 0.357 e. The Morgan fingerprint density at radius 3 is 2.20 bits per heavy atom. The minimum Gasteiger partial charge on any atom is -0.274 e. The smallest absolute Gasteiger partial charge is 0.274 e. The summed E-state index contributed by atoms with van der Waals surface area (Å²) in [6.45, 7) is 6.51. The van der Waals surface area contributed by atoms with E-state index in [4.69, 9.17) is 35.3 Å². The Hall–Kier alpha value is -0.720. The van der Waals surface area contributed by atoms with Crippen LogP contribution in [0.15, 0.2) is 0 Å². The molecule has 114 valence electrons. The predicted octanol–water partition coefficient (Wildman–Crippen LogP) is 2.88. The summed E-state index contributed by atoms with van der Waals surface area (Å²) in [7, 11) is 0. The van der Waals surface area contributed by atoms with E-state index in [9.17, 15) is 14.4 Å². The number of nitrogens with zero attached hydrogens (tertiary/aromatic N) is 3. The molecule has 0 spiro atoms. The lowest BCUT2D eigenvalue weighted by Crippen LogP contribution is -2.52. The van der Waals surface area contributed by atoms with Crippen molar-refractivity contribution in [3.05, 3.63) is 0 Å². The molecule has 20 heavy (non-hydrogen) atoms.